The lowest BCUT2D eigenvalue weighted by Crippen LogP contribution is -2.21. The van der Waals surface area contributed by atoms with Crippen LogP contribution in [-0.2, 0) is 4.74 Å². The lowest BCUT2D eigenvalue weighted by Gasteiger charge is -2.13. The van der Waals surface area contributed by atoms with Gasteiger partial charge in [-0.1, -0.05) is 12.1 Å². The van der Waals surface area contributed by atoms with Crippen LogP contribution in [0.3, 0.4) is 0 Å². The van der Waals surface area contributed by atoms with Crippen molar-refractivity contribution in [3.63, 3.8) is 0 Å². The van der Waals surface area contributed by atoms with Crippen LogP contribution in [0.15, 0.2) is 24.3 Å². The average molecular weight is 259 g/mol. The Kier molecular flexibility index (Phi) is 3.00. The van der Waals surface area contributed by atoms with Gasteiger partial charge in [-0.3, -0.25) is 0 Å². The lowest BCUT2D eigenvalue weighted by molar-refractivity contribution is 0.0684. The number of anilines is 1. The van der Waals surface area contributed by atoms with Crippen LogP contribution in [0, 0.1) is 0 Å². The molecular weight excluding hydrogens is 246 g/mol. The minimum Gasteiger partial charge on any atom is -0.475 e. The number of aromatic carboxylic acids is 1. The topological polar surface area (TPSA) is 84.3 Å². The summed E-state index contributed by atoms with van der Waals surface area (Å²) in [5.41, 5.74) is 0.622. The van der Waals surface area contributed by atoms with Crippen LogP contribution in [0.25, 0.3) is 10.9 Å². The molecule has 19 heavy (non-hydrogen) atoms. The Balaban J connectivity index is 2.06. The van der Waals surface area contributed by atoms with Crippen LogP contribution in [-0.4, -0.2) is 40.3 Å². The maximum absolute atomic E-state index is 11.1. The fourth-order valence-electron chi connectivity index (χ4n) is 2.12. The third-order valence-electron chi connectivity index (χ3n) is 3.07. The number of para-hydroxylation sites is 1. The molecule has 1 atom stereocenters. The molecule has 0 spiro atoms. The number of carboxylic acid groups (broad SMARTS) is 1. The number of rotatable bonds is 3. The van der Waals surface area contributed by atoms with Gasteiger partial charge >= 0.3 is 5.97 Å². The molecule has 0 bridgehead atoms. The Morgan fingerprint density at radius 3 is 2.95 bits per heavy atom. The molecule has 1 aliphatic heterocycles. The molecule has 2 aromatic rings. The van der Waals surface area contributed by atoms with Gasteiger partial charge in [-0.15, -0.1) is 0 Å². The molecule has 2 N–H and O–H groups in total. The molecule has 1 saturated heterocycles. The highest BCUT2D eigenvalue weighted by Gasteiger charge is 2.19. The first-order valence-corrected chi connectivity index (χ1v) is 6.08. The molecule has 0 radical (unpaired) electrons. The predicted molar refractivity (Wildman–Crippen MR) is 69.3 cm³/mol. The van der Waals surface area contributed by atoms with Crippen molar-refractivity contribution in [2.24, 2.45) is 0 Å². The quantitative estimate of drug-likeness (QED) is 0.869. The molecule has 1 fully saturated rings. The second kappa shape index (κ2) is 4.81. The summed E-state index contributed by atoms with van der Waals surface area (Å²) >= 11 is 0. The lowest BCUT2D eigenvalue weighted by atomic mass is 10.2. The third-order valence-corrected chi connectivity index (χ3v) is 3.07. The first-order valence-electron chi connectivity index (χ1n) is 6.08. The molecule has 1 aromatic carbocycles. The van der Waals surface area contributed by atoms with Gasteiger partial charge in [0, 0.05) is 12.0 Å². The van der Waals surface area contributed by atoms with Gasteiger partial charge in [0.25, 0.3) is 0 Å². The standard InChI is InChI=1S/C13H13N3O3/c17-13(18)12-15-10-4-2-1-3-9(10)11(16-12)14-8-5-6-19-7-8/h1-4,8H,5-7H2,(H,17,18)(H,14,15,16). The van der Waals surface area contributed by atoms with E-state index in [0.29, 0.717) is 24.5 Å². The van der Waals surface area contributed by atoms with E-state index in [1.165, 1.54) is 0 Å². The molecule has 0 amide bonds. The zero-order chi connectivity index (χ0) is 13.2. The van der Waals surface area contributed by atoms with Gasteiger partial charge in [0.1, 0.15) is 5.82 Å². The smallest absolute Gasteiger partial charge is 0.374 e. The van der Waals surface area contributed by atoms with Crippen molar-refractivity contribution in [1.82, 2.24) is 9.97 Å². The number of carboxylic acids is 1. The van der Waals surface area contributed by atoms with E-state index in [-0.39, 0.29) is 11.9 Å². The van der Waals surface area contributed by atoms with E-state index >= 15 is 0 Å². The van der Waals surface area contributed by atoms with Gasteiger partial charge in [-0.2, -0.15) is 0 Å². The maximum Gasteiger partial charge on any atom is 0.374 e. The van der Waals surface area contributed by atoms with Gasteiger partial charge in [0.2, 0.25) is 5.82 Å². The summed E-state index contributed by atoms with van der Waals surface area (Å²) in [7, 11) is 0. The second-order valence-electron chi connectivity index (χ2n) is 4.42. The fourth-order valence-corrected chi connectivity index (χ4v) is 2.12. The van der Waals surface area contributed by atoms with E-state index in [9.17, 15) is 4.79 Å². The maximum atomic E-state index is 11.1. The first-order chi connectivity index (χ1) is 9.24. The molecule has 6 nitrogen and oxygen atoms in total. The minimum absolute atomic E-state index is 0.167. The zero-order valence-electron chi connectivity index (χ0n) is 10.2. The number of hydrogen-bond acceptors (Lipinski definition) is 5. The molecular formula is C13H13N3O3. The molecule has 98 valence electrons. The van der Waals surface area contributed by atoms with Crippen LogP contribution in [0.2, 0.25) is 0 Å². The van der Waals surface area contributed by atoms with Gasteiger partial charge in [0.15, 0.2) is 0 Å². The minimum atomic E-state index is -1.13. The van der Waals surface area contributed by atoms with Crippen molar-refractivity contribution in [1.29, 1.82) is 0 Å². The summed E-state index contributed by atoms with van der Waals surface area (Å²) in [6, 6.07) is 7.52. The number of benzene rings is 1. The molecule has 3 rings (SSSR count). The predicted octanol–water partition coefficient (Wildman–Crippen LogP) is 1.53. The van der Waals surface area contributed by atoms with E-state index in [1.54, 1.807) is 6.07 Å². The van der Waals surface area contributed by atoms with Crippen LogP contribution in [0.4, 0.5) is 5.82 Å². The van der Waals surface area contributed by atoms with E-state index in [2.05, 4.69) is 15.3 Å². The van der Waals surface area contributed by atoms with Gasteiger partial charge in [-0.05, 0) is 18.6 Å². The molecule has 0 aliphatic carbocycles. The number of fused-ring (bicyclic) bond motifs is 1. The number of nitrogens with one attached hydrogen (secondary N) is 1. The molecule has 1 unspecified atom stereocenters. The highest BCUT2D eigenvalue weighted by atomic mass is 16.5. The summed E-state index contributed by atoms with van der Waals surface area (Å²) in [5, 5.41) is 13.1. The summed E-state index contributed by atoms with van der Waals surface area (Å²) in [6.45, 7) is 1.33. The monoisotopic (exact) mass is 259 g/mol. The number of ether oxygens (including phenoxy) is 1. The summed E-state index contributed by atoms with van der Waals surface area (Å²) in [5.74, 6) is -0.768. The zero-order valence-corrected chi connectivity index (χ0v) is 10.2. The van der Waals surface area contributed by atoms with E-state index in [4.69, 9.17) is 9.84 Å². The number of carbonyl (C=O) groups is 1. The van der Waals surface area contributed by atoms with Crippen LogP contribution < -0.4 is 5.32 Å². The van der Waals surface area contributed by atoms with E-state index in [0.717, 1.165) is 11.8 Å². The van der Waals surface area contributed by atoms with E-state index in [1.807, 2.05) is 18.2 Å². The van der Waals surface area contributed by atoms with Crippen LogP contribution >= 0.6 is 0 Å². The third kappa shape index (κ3) is 2.34. The van der Waals surface area contributed by atoms with Crippen LogP contribution in [0.5, 0.6) is 0 Å². The van der Waals surface area contributed by atoms with Gasteiger partial charge in [-0.25, -0.2) is 14.8 Å². The normalized spacial score (nSPS) is 18.6. The van der Waals surface area contributed by atoms with Crippen molar-refractivity contribution >= 4 is 22.7 Å². The largest absolute Gasteiger partial charge is 0.475 e. The first kappa shape index (κ1) is 11.9. The average Bonchev–Trinajstić information content (AvgIpc) is 2.91. The fraction of sp³-hybridized carbons (Fsp3) is 0.308. The van der Waals surface area contributed by atoms with Gasteiger partial charge in [0.05, 0.1) is 18.2 Å². The highest BCUT2D eigenvalue weighted by molar-refractivity contribution is 5.93. The molecule has 1 aromatic heterocycles. The van der Waals surface area contributed by atoms with Crippen LogP contribution in [0.1, 0.15) is 17.0 Å². The SMILES string of the molecule is O=C(O)c1nc(NC2CCOC2)c2ccccc2n1. The molecule has 6 heteroatoms. The molecule has 0 saturated carbocycles. The molecule has 1 aliphatic rings. The Hall–Kier alpha value is -2.21. The highest BCUT2D eigenvalue weighted by Crippen LogP contribution is 2.22. The Bertz CT molecular complexity index is 624. The number of hydrogen-bond donors (Lipinski definition) is 2. The van der Waals surface area contributed by atoms with Crippen molar-refractivity contribution < 1.29 is 14.6 Å². The summed E-state index contributed by atoms with van der Waals surface area (Å²) in [6.07, 6.45) is 0.890. The second-order valence-corrected chi connectivity index (χ2v) is 4.42. The summed E-state index contributed by atoms with van der Waals surface area (Å²) < 4.78 is 5.30. The van der Waals surface area contributed by atoms with Crippen molar-refractivity contribution in [2.75, 3.05) is 18.5 Å². The van der Waals surface area contributed by atoms with Crippen molar-refractivity contribution in [3.8, 4) is 0 Å². The Morgan fingerprint density at radius 2 is 2.21 bits per heavy atom. The molecule has 2 heterocycles. The van der Waals surface area contributed by atoms with Gasteiger partial charge < -0.3 is 15.2 Å². The Morgan fingerprint density at radius 1 is 1.37 bits per heavy atom. The summed E-state index contributed by atoms with van der Waals surface area (Å²) in [4.78, 5) is 19.2. The van der Waals surface area contributed by atoms with Crippen molar-refractivity contribution in [3.05, 3.63) is 30.1 Å². The Labute approximate surface area is 109 Å². The van der Waals surface area contributed by atoms with Crippen molar-refractivity contribution in [2.45, 2.75) is 12.5 Å². The van der Waals surface area contributed by atoms with E-state index < -0.39 is 5.97 Å². The number of aromatic nitrogens is 2. The number of nitrogens with zero attached hydrogens (tertiary/aromatic N) is 2.